The van der Waals surface area contributed by atoms with Gasteiger partial charge in [0.2, 0.25) is 0 Å². The molecule has 286 valence electrons. The Bertz CT molecular complexity index is 3530. The molecule has 10 aromatic carbocycles. The predicted octanol–water partition coefficient (Wildman–Crippen LogP) is 16.8. The van der Waals surface area contributed by atoms with Crippen molar-refractivity contribution >= 4 is 81.1 Å². The minimum Gasteiger partial charge on any atom is -0.310 e. The van der Waals surface area contributed by atoms with E-state index in [9.17, 15) is 0 Å². The van der Waals surface area contributed by atoms with Crippen molar-refractivity contribution in [2.75, 3.05) is 4.90 Å². The van der Waals surface area contributed by atoms with Crippen LogP contribution in [0.1, 0.15) is 0 Å². The fraction of sp³-hybridized carbons (Fsp3) is 0. The molecule has 2 heterocycles. The van der Waals surface area contributed by atoms with Crippen LogP contribution in [0.2, 0.25) is 0 Å². The molecule has 0 atom stereocenters. The number of fused-ring (bicyclic) bond motifs is 7. The Morgan fingerprint density at radius 2 is 0.885 bits per heavy atom. The van der Waals surface area contributed by atoms with Crippen molar-refractivity contribution in [2.45, 2.75) is 0 Å². The van der Waals surface area contributed by atoms with Gasteiger partial charge < -0.3 is 9.47 Å². The van der Waals surface area contributed by atoms with Gasteiger partial charge in [-0.1, -0.05) is 158 Å². The Morgan fingerprint density at radius 3 is 1.67 bits per heavy atom. The van der Waals surface area contributed by atoms with Crippen LogP contribution in [0.4, 0.5) is 17.1 Å². The minimum atomic E-state index is 1.09. The summed E-state index contributed by atoms with van der Waals surface area (Å²) in [5, 5.41) is 7.64. The molecule has 0 saturated heterocycles. The Labute approximate surface area is 358 Å². The summed E-state index contributed by atoms with van der Waals surface area (Å²) in [5.41, 5.74) is 14.1. The van der Waals surface area contributed by atoms with E-state index < -0.39 is 0 Å². The lowest BCUT2D eigenvalue weighted by molar-refractivity contribution is 1.17. The standard InChI is InChI=1S/C58H38N2S/c1-2-18-46-40(14-1)15-12-23-47(46)42-17-11-16-41(38-42)39-30-32-43(33-31-39)59(44-34-36-45(37-35-44)60-54-26-8-3-19-48(54)49-20-4-9-27-55(49)60)53-25-7-5-21-50(53)51-24-13-29-57-58(51)52-22-6-10-28-56(52)61-57/h1-38H. The number of rotatable bonds is 7. The number of para-hydroxylation sites is 3. The lowest BCUT2D eigenvalue weighted by Crippen LogP contribution is -2.11. The van der Waals surface area contributed by atoms with E-state index in [4.69, 9.17) is 0 Å². The molecule has 0 amide bonds. The molecule has 0 spiro atoms. The van der Waals surface area contributed by atoms with E-state index in [2.05, 4.69) is 240 Å². The smallest absolute Gasteiger partial charge is 0.0541 e. The number of thiophene rings is 1. The van der Waals surface area contributed by atoms with Gasteiger partial charge in [0.05, 0.1) is 16.7 Å². The lowest BCUT2D eigenvalue weighted by atomic mass is 9.95. The topological polar surface area (TPSA) is 8.17 Å². The summed E-state index contributed by atoms with van der Waals surface area (Å²) in [4.78, 5) is 2.43. The van der Waals surface area contributed by atoms with E-state index in [1.807, 2.05) is 11.3 Å². The molecular weight excluding hydrogens is 757 g/mol. The number of hydrogen-bond acceptors (Lipinski definition) is 2. The highest BCUT2D eigenvalue weighted by atomic mass is 32.1. The average Bonchev–Trinajstić information content (AvgIpc) is 3.88. The van der Waals surface area contributed by atoms with Crippen LogP contribution in [0.5, 0.6) is 0 Å². The first-order valence-electron chi connectivity index (χ1n) is 20.8. The molecule has 0 bridgehead atoms. The van der Waals surface area contributed by atoms with E-state index in [1.54, 1.807) is 0 Å². The second kappa shape index (κ2) is 14.5. The third-order valence-corrected chi connectivity index (χ3v) is 13.3. The van der Waals surface area contributed by atoms with Crippen molar-refractivity contribution < 1.29 is 0 Å². The van der Waals surface area contributed by atoms with E-state index in [0.29, 0.717) is 0 Å². The molecule has 0 aliphatic rings. The summed E-state index contributed by atoms with van der Waals surface area (Å²) in [6.07, 6.45) is 0. The first kappa shape index (κ1) is 35.2. The van der Waals surface area contributed by atoms with Crippen molar-refractivity contribution in [2.24, 2.45) is 0 Å². The molecule has 0 saturated carbocycles. The fourth-order valence-corrected chi connectivity index (χ4v) is 10.6. The molecule has 12 rings (SSSR count). The molecule has 61 heavy (non-hydrogen) atoms. The zero-order valence-corrected chi connectivity index (χ0v) is 34.1. The third-order valence-electron chi connectivity index (χ3n) is 12.2. The summed E-state index contributed by atoms with van der Waals surface area (Å²) >= 11 is 1.86. The summed E-state index contributed by atoms with van der Waals surface area (Å²) in [6.45, 7) is 0. The highest BCUT2D eigenvalue weighted by Crippen LogP contribution is 2.46. The molecule has 0 fully saturated rings. The average molecular weight is 795 g/mol. The molecule has 2 nitrogen and oxygen atoms in total. The van der Waals surface area contributed by atoms with E-state index in [1.165, 1.54) is 86.1 Å². The molecule has 0 N–H and O–H groups in total. The van der Waals surface area contributed by atoms with Crippen molar-refractivity contribution in [1.82, 2.24) is 4.57 Å². The van der Waals surface area contributed by atoms with Gasteiger partial charge >= 0.3 is 0 Å². The van der Waals surface area contributed by atoms with E-state index >= 15 is 0 Å². The van der Waals surface area contributed by atoms with Gasteiger partial charge in [0.15, 0.2) is 0 Å². The van der Waals surface area contributed by atoms with Gasteiger partial charge in [-0.2, -0.15) is 0 Å². The number of anilines is 3. The van der Waals surface area contributed by atoms with E-state index in [-0.39, 0.29) is 0 Å². The van der Waals surface area contributed by atoms with Gasteiger partial charge in [0.25, 0.3) is 0 Å². The molecule has 2 aromatic heterocycles. The zero-order valence-electron chi connectivity index (χ0n) is 33.2. The van der Waals surface area contributed by atoms with Crippen molar-refractivity contribution in [3.63, 3.8) is 0 Å². The maximum Gasteiger partial charge on any atom is 0.0541 e. The Morgan fingerprint density at radius 1 is 0.344 bits per heavy atom. The maximum absolute atomic E-state index is 2.43. The maximum atomic E-state index is 2.43. The van der Waals surface area contributed by atoms with Crippen LogP contribution in [-0.2, 0) is 0 Å². The molecule has 0 radical (unpaired) electrons. The van der Waals surface area contributed by atoms with Crippen LogP contribution in [0.25, 0.3) is 91.8 Å². The summed E-state index contributed by atoms with van der Waals surface area (Å²) in [5.74, 6) is 0. The Kier molecular flexibility index (Phi) is 8.39. The highest BCUT2D eigenvalue weighted by Gasteiger charge is 2.21. The summed E-state index contributed by atoms with van der Waals surface area (Å²) in [6, 6.07) is 84.2. The Hall–Kier alpha value is -7.72. The van der Waals surface area contributed by atoms with Gasteiger partial charge in [0, 0.05) is 53.6 Å². The predicted molar refractivity (Wildman–Crippen MR) is 262 cm³/mol. The molecule has 12 aromatic rings. The normalized spacial score (nSPS) is 11.6. The van der Waals surface area contributed by atoms with Crippen LogP contribution in [-0.4, -0.2) is 4.57 Å². The van der Waals surface area contributed by atoms with E-state index in [0.717, 1.165) is 22.7 Å². The molecular formula is C58H38N2S. The van der Waals surface area contributed by atoms with Crippen LogP contribution in [0, 0.1) is 0 Å². The quantitative estimate of drug-likeness (QED) is 0.156. The molecule has 0 unspecified atom stereocenters. The zero-order chi connectivity index (χ0) is 40.3. The van der Waals surface area contributed by atoms with Gasteiger partial charge in [0.1, 0.15) is 0 Å². The second-order valence-electron chi connectivity index (χ2n) is 15.7. The van der Waals surface area contributed by atoms with Crippen LogP contribution >= 0.6 is 11.3 Å². The second-order valence-corrected chi connectivity index (χ2v) is 16.8. The minimum absolute atomic E-state index is 1.09. The van der Waals surface area contributed by atoms with Crippen molar-refractivity contribution in [3.8, 4) is 39.1 Å². The van der Waals surface area contributed by atoms with Crippen LogP contribution < -0.4 is 4.90 Å². The lowest BCUT2D eigenvalue weighted by Gasteiger charge is -2.28. The summed E-state index contributed by atoms with van der Waals surface area (Å²) < 4.78 is 4.99. The molecule has 0 aliphatic heterocycles. The molecule has 3 heteroatoms. The molecule has 0 aliphatic carbocycles. The third kappa shape index (κ3) is 5.93. The number of nitrogens with zero attached hydrogens (tertiary/aromatic N) is 2. The van der Waals surface area contributed by atoms with Gasteiger partial charge in [-0.3, -0.25) is 0 Å². The SMILES string of the molecule is c1cc(-c2ccc(N(c3ccc(-n4c5ccccc5c5ccccc54)cc3)c3ccccc3-c3cccc4sc5ccccc5c34)cc2)cc(-c2cccc3ccccc23)c1. The largest absolute Gasteiger partial charge is 0.310 e. The van der Waals surface area contributed by atoms with Crippen molar-refractivity contribution in [1.29, 1.82) is 0 Å². The summed E-state index contributed by atoms with van der Waals surface area (Å²) in [7, 11) is 0. The number of aromatic nitrogens is 1. The monoisotopic (exact) mass is 794 g/mol. The van der Waals surface area contributed by atoms with Crippen LogP contribution in [0.3, 0.4) is 0 Å². The number of benzene rings is 10. The van der Waals surface area contributed by atoms with Crippen LogP contribution in [0.15, 0.2) is 231 Å². The van der Waals surface area contributed by atoms with Gasteiger partial charge in [-0.25, -0.2) is 0 Å². The Balaban J connectivity index is 1.00. The number of hydrogen-bond donors (Lipinski definition) is 0. The van der Waals surface area contributed by atoms with Gasteiger partial charge in [-0.05, 0) is 111 Å². The first-order chi connectivity index (χ1) is 30.3. The fourth-order valence-electron chi connectivity index (χ4n) is 9.42. The highest BCUT2D eigenvalue weighted by molar-refractivity contribution is 7.25. The first-order valence-corrected chi connectivity index (χ1v) is 21.7. The van der Waals surface area contributed by atoms with Gasteiger partial charge in [-0.15, -0.1) is 11.3 Å². The van der Waals surface area contributed by atoms with Crippen molar-refractivity contribution in [3.05, 3.63) is 231 Å².